The SMILES string of the molecule is O=C1CC(c2ccc(F)cc2)C(CO)CN1. The van der Waals surface area contributed by atoms with Crippen LogP contribution in [0.4, 0.5) is 4.39 Å². The van der Waals surface area contributed by atoms with Crippen molar-refractivity contribution in [3.8, 4) is 0 Å². The molecule has 1 amide bonds. The lowest BCUT2D eigenvalue weighted by Crippen LogP contribution is -2.41. The average Bonchev–Trinajstić information content (AvgIpc) is 2.30. The summed E-state index contributed by atoms with van der Waals surface area (Å²) in [4.78, 5) is 11.3. The van der Waals surface area contributed by atoms with Crippen LogP contribution in [0, 0.1) is 11.7 Å². The fraction of sp³-hybridized carbons (Fsp3) is 0.417. The van der Waals surface area contributed by atoms with Crippen LogP contribution in [0.1, 0.15) is 17.9 Å². The Balaban J connectivity index is 2.22. The number of amides is 1. The molecular formula is C12H14FNO2. The summed E-state index contributed by atoms with van der Waals surface area (Å²) in [5, 5.41) is 12.0. The Morgan fingerprint density at radius 1 is 1.38 bits per heavy atom. The van der Waals surface area contributed by atoms with Crippen LogP contribution in [0.2, 0.25) is 0 Å². The van der Waals surface area contributed by atoms with Gasteiger partial charge in [-0.2, -0.15) is 0 Å². The predicted molar refractivity (Wildman–Crippen MR) is 57.3 cm³/mol. The van der Waals surface area contributed by atoms with Crippen molar-refractivity contribution in [2.24, 2.45) is 5.92 Å². The molecule has 1 aliphatic rings. The van der Waals surface area contributed by atoms with E-state index in [1.54, 1.807) is 12.1 Å². The number of aliphatic hydroxyl groups excluding tert-OH is 1. The van der Waals surface area contributed by atoms with Crippen LogP contribution in [0.3, 0.4) is 0 Å². The minimum Gasteiger partial charge on any atom is -0.396 e. The summed E-state index contributed by atoms with van der Waals surface area (Å²) in [5.74, 6) is -0.300. The molecule has 2 unspecified atom stereocenters. The quantitative estimate of drug-likeness (QED) is 0.787. The van der Waals surface area contributed by atoms with E-state index in [0.717, 1.165) is 5.56 Å². The minimum atomic E-state index is -0.287. The molecular weight excluding hydrogens is 209 g/mol. The molecule has 86 valence electrons. The summed E-state index contributed by atoms with van der Waals surface area (Å²) in [6.07, 6.45) is 0.358. The van der Waals surface area contributed by atoms with Gasteiger partial charge < -0.3 is 10.4 Å². The maximum Gasteiger partial charge on any atom is 0.220 e. The van der Waals surface area contributed by atoms with Gasteiger partial charge in [-0.1, -0.05) is 12.1 Å². The molecule has 1 aromatic rings. The van der Waals surface area contributed by atoms with Gasteiger partial charge in [0, 0.05) is 25.5 Å². The van der Waals surface area contributed by atoms with Gasteiger partial charge in [0.1, 0.15) is 5.82 Å². The van der Waals surface area contributed by atoms with Gasteiger partial charge in [0.2, 0.25) is 5.91 Å². The second-order valence-corrected chi connectivity index (χ2v) is 4.11. The molecule has 2 N–H and O–H groups in total. The zero-order valence-corrected chi connectivity index (χ0v) is 8.82. The third-order valence-corrected chi connectivity index (χ3v) is 3.07. The molecule has 0 spiro atoms. The zero-order valence-electron chi connectivity index (χ0n) is 8.82. The molecule has 0 bridgehead atoms. The molecule has 0 radical (unpaired) electrons. The molecule has 16 heavy (non-hydrogen) atoms. The minimum absolute atomic E-state index is 0.0145. The van der Waals surface area contributed by atoms with Crippen LogP contribution in [-0.4, -0.2) is 24.2 Å². The van der Waals surface area contributed by atoms with Gasteiger partial charge in [-0.05, 0) is 23.6 Å². The number of nitrogens with one attached hydrogen (secondary N) is 1. The molecule has 1 saturated heterocycles. The van der Waals surface area contributed by atoms with E-state index < -0.39 is 0 Å². The van der Waals surface area contributed by atoms with Crippen molar-refractivity contribution < 1.29 is 14.3 Å². The van der Waals surface area contributed by atoms with Crippen molar-refractivity contribution in [2.75, 3.05) is 13.2 Å². The summed E-state index contributed by atoms with van der Waals surface area (Å²) < 4.78 is 12.8. The van der Waals surface area contributed by atoms with Crippen LogP contribution in [0.15, 0.2) is 24.3 Å². The summed E-state index contributed by atoms with van der Waals surface area (Å²) in [7, 11) is 0. The van der Waals surface area contributed by atoms with Crippen molar-refractivity contribution in [3.63, 3.8) is 0 Å². The molecule has 1 heterocycles. The lowest BCUT2D eigenvalue weighted by molar-refractivity contribution is -0.123. The van der Waals surface area contributed by atoms with Gasteiger partial charge in [-0.25, -0.2) is 4.39 Å². The Kier molecular flexibility index (Phi) is 3.19. The van der Waals surface area contributed by atoms with E-state index in [9.17, 15) is 14.3 Å². The first-order valence-electron chi connectivity index (χ1n) is 5.33. The second-order valence-electron chi connectivity index (χ2n) is 4.11. The number of benzene rings is 1. The number of carbonyl (C=O) groups excluding carboxylic acids is 1. The second kappa shape index (κ2) is 4.61. The number of carbonyl (C=O) groups is 1. The Labute approximate surface area is 93.3 Å². The summed E-state index contributed by atoms with van der Waals surface area (Å²) in [5.41, 5.74) is 0.912. The number of aliphatic hydroxyl groups is 1. The first kappa shape index (κ1) is 11.1. The van der Waals surface area contributed by atoms with Crippen molar-refractivity contribution in [1.82, 2.24) is 5.32 Å². The first-order chi connectivity index (χ1) is 7.70. The third-order valence-electron chi connectivity index (χ3n) is 3.07. The molecule has 4 heteroatoms. The average molecular weight is 223 g/mol. The van der Waals surface area contributed by atoms with E-state index in [-0.39, 0.29) is 30.2 Å². The number of hydrogen-bond acceptors (Lipinski definition) is 2. The highest BCUT2D eigenvalue weighted by molar-refractivity contribution is 5.77. The molecule has 2 rings (SSSR count). The van der Waals surface area contributed by atoms with E-state index in [4.69, 9.17) is 0 Å². The smallest absolute Gasteiger partial charge is 0.220 e. The van der Waals surface area contributed by atoms with Crippen LogP contribution >= 0.6 is 0 Å². The lowest BCUT2D eigenvalue weighted by atomic mass is 9.81. The van der Waals surface area contributed by atoms with E-state index in [1.165, 1.54) is 12.1 Å². The third kappa shape index (κ3) is 2.22. The highest BCUT2D eigenvalue weighted by atomic mass is 19.1. The van der Waals surface area contributed by atoms with Crippen LogP contribution in [0.25, 0.3) is 0 Å². The van der Waals surface area contributed by atoms with Crippen LogP contribution in [0.5, 0.6) is 0 Å². The monoisotopic (exact) mass is 223 g/mol. The lowest BCUT2D eigenvalue weighted by Gasteiger charge is -2.30. The van der Waals surface area contributed by atoms with Gasteiger partial charge in [0.25, 0.3) is 0 Å². The van der Waals surface area contributed by atoms with Crippen LogP contribution in [-0.2, 0) is 4.79 Å². The Bertz CT molecular complexity index is 377. The topological polar surface area (TPSA) is 49.3 Å². The zero-order chi connectivity index (χ0) is 11.5. The molecule has 1 fully saturated rings. The predicted octanol–water partition coefficient (Wildman–Crippen LogP) is 1.04. The van der Waals surface area contributed by atoms with Gasteiger partial charge in [0.05, 0.1) is 0 Å². The highest BCUT2D eigenvalue weighted by Gasteiger charge is 2.29. The van der Waals surface area contributed by atoms with E-state index in [0.29, 0.717) is 13.0 Å². The summed E-state index contributed by atoms with van der Waals surface area (Å²) in [6.45, 7) is 0.514. The van der Waals surface area contributed by atoms with Gasteiger partial charge >= 0.3 is 0 Å². The number of piperidine rings is 1. The highest BCUT2D eigenvalue weighted by Crippen LogP contribution is 2.30. The largest absolute Gasteiger partial charge is 0.396 e. The Morgan fingerprint density at radius 2 is 2.06 bits per heavy atom. The molecule has 3 nitrogen and oxygen atoms in total. The number of rotatable bonds is 2. The number of hydrogen-bond donors (Lipinski definition) is 2. The molecule has 1 aliphatic heterocycles. The maximum atomic E-state index is 12.8. The van der Waals surface area contributed by atoms with Crippen molar-refractivity contribution >= 4 is 5.91 Å². The van der Waals surface area contributed by atoms with Gasteiger partial charge in [-0.15, -0.1) is 0 Å². The van der Waals surface area contributed by atoms with Gasteiger partial charge in [0.15, 0.2) is 0 Å². The first-order valence-corrected chi connectivity index (χ1v) is 5.33. The molecule has 2 atom stereocenters. The Morgan fingerprint density at radius 3 is 2.69 bits per heavy atom. The van der Waals surface area contributed by atoms with E-state index in [2.05, 4.69) is 5.32 Å². The van der Waals surface area contributed by atoms with Crippen LogP contribution < -0.4 is 5.32 Å². The fourth-order valence-electron chi connectivity index (χ4n) is 2.12. The normalized spacial score (nSPS) is 25.2. The summed E-state index contributed by atoms with van der Waals surface area (Å²) in [6, 6.07) is 6.13. The standard InChI is InChI=1S/C12H14FNO2/c13-10-3-1-8(2-4-10)11-5-12(16)14-6-9(11)7-15/h1-4,9,11,15H,5-7H2,(H,14,16). The van der Waals surface area contributed by atoms with E-state index in [1.807, 2.05) is 0 Å². The Hall–Kier alpha value is -1.42. The summed E-state index contributed by atoms with van der Waals surface area (Å²) >= 11 is 0. The molecule has 1 aromatic carbocycles. The fourth-order valence-corrected chi connectivity index (χ4v) is 2.12. The van der Waals surface area contributed by atoms with Gasteiger partial charge in [-0.3, -0.25) is 4.79 Å². The van der Waals surface area contributed by atoms with Crippen molar-refractivity contribution in [3.05, 3.63) is 35.6 Å². The molecule has 0 saturated carbocycles. The molecule has 0 aliphatic carbocycles. The molecule has 0 aromatic heterocycles. The number of halogens is 1. The van der Waals surface area contributed by atoms with Crippen molar-refractivity contribution in [1.29, 1.82) is 0 Å². The van der Waals surface area contributed by atoms with Crippen molar-refractivity contribution in [2.45, 2.75) is 12.3 Å². The maximum absolute atomic E-state index is 12.8. The van der Waals surface area contributed by atoms with E-state index >= 15 is 0 Å².